The van der Waals surface area contributed by atoms with Gasteiger partial charge in [0.05, 0.1) is 6.04 Å². The molecule has 2 rings (SSSR count). The number of benzene rings is 1. The molecule has 1 aliphatic carbocycles. The highest BCUT2D eigenvalue weighted by Gasteiger charge is 2.28. The van der Waals surface area contributed by atoms with Crippen molar-refractivity contribution in [1.29, 1.82) is 0 Å². The summed E-state index contributed by atoms with van der Waals surface area (Å²) in [4.78, 5) is 14.3. The number of rotatable bonds is 4. The predicted molar refractivity (Wildman–Crippen MR) is 84.0 cm³/mol. The van der Waals surface area contributed by atoms with Crippen LogP contribution in [0.5, 0.6) is 5.75 Å². The minimum absolute atomic E-state index is 0.0159. The van der Waals surface area contributed by atoms with Crippen molar-refractivity contribution in [3.8, 4) is 5.75 Å². The van der Waals surface area contributed by atoms with Crippen LogP contribution in [0.2, 0.25) is 0 Å². The molecular formula is C17H26N2O2. The zero-order valence-electron chi connectivity index (χ0n) is 13.0. The summed E-state index contributed by atoms with van der Waals surface area (Å²) in [6.07, 6.45) is 5.12. The number of nitrogens with zero attached hydrogens (tertiary/aromatic N) is 1. The zero-order valence-corrected chi connectivity index (χ0v) is 13.0. The van der Waals surface area contributed by atoms with E-state index < -0.39 is 6.04 Å². The van der Waals surface area contributed by atoms with Crippen LogP contribution in [0.1, 0.15) is 38.2 Å². The molecule has 1 aliphatic rings. The third kappa shape index (κ3) is 4.21. The lowest BCUT2D eigenvalue weighted by Crippen LogP contribution is -2.48. The molecule has 1 aromatic carbocycles. The van der Waals surface area contributed by atoms with Gasteiger partial charge in [-0.05, 0) is 42.9 Å². The lowest BCUT2D eigenvalue weighted by molar-refractivity contribution is -0.134. The van der Waals surface area contributed by atoms with E-state index in [1.165, 1.54) is 12.8 Å². The van der Waals surface area contributed by atoms with E-state index in [0.717, 1.165) is 18.4 Å². The number of phenolic OH excluding ortho intramolecular Hbond substituents is 1. The van der Waals surface area contributed by atoms with Gasteiger partial charge in [0.2, 0.25) is 5.91 Å². The summed E-state index contributed by atoms with van der Waals surface area (Å²) in [7, 11) is 1.88. The number of nitrogens with two attached hydrogens (primary N) is 1. The Bertz CT molecular complexity index is 472. The van der Waals surface area contributed by atoms with Gasteiger partial charge in [0.1, 0.15) is 5.75 Å². The van der Waals surface area contributed by atoms with Gasteiger partial charge in [-0.1, -0.05) is 31.9 Å². The van der Waals surface area contributed by atoms with Gasteiger partial charge in [-0.15, -0.1) is 0 Å². The molecular weight excluding hydrogens is 264 g/mol. The highest BCUT2D eigenvalue weighted by molar-refractivity contribution is 5.82. The maximum absolute atomic E-state index is 12.5. The SMILES string of the molecule is CC1CCCC(N(C)C(=O)[C@H](N)Cc2ccc(O)cc2)C1. The number of amides is 1. The second-order valence-electron chi connectivity index (χ2n) is 6.35. The highest BCUT2D eigenvalue weighted by atomic mass is 16.3. The fourth-order valence-corrected chi connectivity index (χ4v) is 3.17. The first kappa shape index (κ1) is 15.8. The summed E-state index contributed by atoms with van der Waals surface area (Å²) in [5.74, 6) is 0.932. The molecule has 1 aromatic rings. The lowest BCUT2D eigenvalue weighted by atomic mass is 9.86. The Balaban J connectivity index is 1.93. The molecule has 21 heavy (non-hydrogen) atoms. The second-order valence-corrected chi connectivity index (χ2v) is 6.35. The molecule has 0 saturated heterocycles. The van der Waals surface area contributed by atoms with E-state index in [2.05, 4.69) is 6.92 Å². The third-order valence-electron chi connectivity index (χ3n) is 4.51. The Hall–Kier alpha value is -1.55. The number of hydrogen-bond donors (Lipinski definition) is 2. The molecule has 116 valence electrons. The first-order chi connectivity index (χ1) is 9.97. The zero-order chi connectivity index (χ0) is 15.4. The van der Waals surface area contributed by atoms with Crippen LogP contribution in [0, 0.1) is 5.92 Å². The number of hydrogen-bond acceptors (Lipinski definition) is 3. The lowest BCUT2D eigenvalue weighted by Gasteiger charge is -2.35. The fraction of sp³-hybridized carbons (Fsp3) is 0.588. The van der Waals surface area contributed by atoms with Crippen LogP contribution in [0.3, 0.4) is 0 Å². The Morgan fingerprint density at radius 2 is 2.05 bits per heavy atom. The number of aromatic hydroxyl groups is 1. The Morgan fingerprint density at radius 3 is 2.67 bits per heavy atom. The van der Waals surface area contributed by atoms with Crippen LogP contribution in [0.25, 0.3) is 0 Å². The quantitative estimate of drug-likeness (QED) is 0.894. The second kappa shape index (κ2) is 6.94. The molecule has 0 radical (unpaired) electrons. The molecule has 3 atom stereocenters. The van der Waals surface area contributed by atoms with Crippen LogP contribution in [-0.4, -0.2) is 35.0 Å². The first-order valence-corrected chi connectivity index (χ1v) is 7.77. The molecule has 0 aliphatic heterocycles. The molecule has 4 heteroatoms. The fourth-order valence-electron chi connectivity index (χ4n) is 3.17. The van der Waals surface area contributed by atoms with Crippen molar-refractivity contribution >= 4 is 5.91 Å². The van der Waals surface area contributed by atoms with E-state index in [4.69, 9.17) is 5.73 Å². The average Bonchev–Trinajstić information content (AvgIpc) is 2.48. The molecule has 2 unspecified atom stereocenters. The summed E-state index contributed by atoms with van der Waals surface area (Å²) >= 11 is 0. The Labute approximate surface area is 126 Å². The molecule has 1 amide bonds. The van der Waals surface area contributed by atoms with Crippen LogP contribution >= 0.6 is 0 Å². The van der Waals surface area contributed by atoms with E-state index in [9.17, 15) is 9.90 Å². The maximum atomic E-state index is 12.5. The van der Waals surface area contributed by atoms with Gasteiger partial charge in [-0.2, -0.15) is 0 Å². The maximum Gasteiger partial charge on any atom is 0.239 e. The number of phenols is 1. The summed E-state index contributed by atoms with van der Waals surface area (Å²) in [5.41, 5.74) is 7.05. The monoisotopic (exact) mass is 290 g/mol. The van der Waals surface area contributed by atoms with Gasteiger partial charge in [0, 0.05) is 13.1 Å². The summed E-state index contributed by atoms with van der Waals surface area (Å²) in [5, 5.41) is 9.28. The van der Waals surface area contributed by atoms with Crippen molar-refractivity contribution in [3.63, 3.8) is 0 Å². The summed E-state index contributed by atoms with van der Waals surface area (Å²) in [6, 6.07) is 6.68. The van der Waals surface area contributed by atoms with Crippen molar-refractivity contribution in [2.45, 2.75) is 51.1 Å². The minimum atomic E-state index is -0.517. The standard InChI is InChI=1S/C17H26N2O2/c1-12-4-3-5-14(10-12)19(2)17(21)16(18)11-13-6-8-15(20)9-7-13/h6-9,12,14,16,20H,3-5,10-11,18H2,1-2H3/t12?,14?,16-/m1/s1. The van der Waals surface area contributed by atoms with E-state index >= 15 is 0 Å². The van der Waals surface area contributed by atoms with Gasteiger partial charge in [0.15, 0.2) is 0 Å². The number of carbonyl (C=O) groups is 1. The van der Waals surface area contributed by atoms with Gasteiger partial charge in [-0.3, -0.25) is 4.79 Å². The molecule has 3 N–H and O–H groups in total. The van der Waals surface area contributed by atoms with Crippen LogP contribution in [0.15, 0.2) is 24.3 Å². The smallest absolute Gasteiger partial charge is 0.239 e. The molecule has 1 saturated carbocycles. The highest BCUT2D eigenvalue weighted by Crippen LogP contribution is 2.27. The molecule has 1 fully saturated rings. The van der Waals surface area contributed by atoms with Crippen molar-refractivity contribution in [3.05, 3.63) is 29.8 Å². The van der Waals surface area contributed by atoms with Crippen molar-refractivity contribution in [2.75, 3.05) is 7.05 Å². The van der Waals surface area contributed by atoms with Gasteiger partial charge in [0.25, 0.3) is 0 Å². The Kier molecular flexibility index (Phi) is 5.23. The van der Waals surface area contributed by atoms with E-state index in [0.29, 0.717) is 18.4 Å². The minimum Gasteiger partial charge on any atom is -0.508 e. The van der Waals surface area contributed by atoms with Crippen molar-refractivity contribution < 1.29 is 9.90 Å². The molecule has 0 bridgehead atoms. The molecule has 0 spiro atoms. The van der Waals surface area contributed by atoms with Crippen molar-refractivity contribution in [1.82, 2.24) is 4.90 Å². The summed E-state index contributed by atoms with van der Waals surface area (Å²) < 4.78 is 0. The number of likely N-dealkylation sites (N-methyl/N-ethyl adjacent to an activating group) is 1. The van der Waals surface area contributed by atoms with Gasteiger partial charge in [-0.25, -0.2) is 0 Å². The topological polar surface area (TPSA) is 66.6 Å². The summed E-state index contributed by atoms with van der Waals surface area (Å²) in [6.45, 7) is 2.25. The van der Waals surface area contributed by atoms with E-state index in [1.54, 1.807) is 12.1 Å². The third-order valence-corrected chi connectivity index (χ3v) is 4.51. The van der Waals surface area contributed by atoms with Crippen molar-refractivity contribution in [2.24, 2.45) is 11.7 Å². The average molecular weight is 290 g/mol. The van der Waals surface area contributed by atoms with E-state index in [-0.39, 0.29) is 11.7 Å². The Morgan fingerprint density at radius 1 is 1.38 bits per heavy atom. The van der Waals surface area contributed by atoms with Crippen LogP contribution in [-0.2, 0) is 11.2 Å². The van der Waals surface area contributed by atoms with E-state index in [1.807, 2.05) is 24.1 Å². The van der Waals surface area contributed by atoms with Gasteiger partial charge >= 0.3 is 0 Å². The molecule has 0 aromatic heterocycles. The number of carbonyl (C=O) groups excluding carboxylic acids is 1. The largest absolute Gasteiger partial charge is 0.508 e. The molecule has 0 heterocycles. The first-order valence-electron chi connectivity index (χ1n) is 7.77. The van der Waals surface area contributed by atoms with Crippen LogP contribution in [0.4, 0.5) is 0 Å². The normalized spacial score (nSPS) is 23.6. The van der Waals surface area contributed by atoms with Gasteiger partial charge < -0.3 is 15.7 Å². The van der Waals surface area contributed by atoms with Crippen LogP contribution < -0.4 is 5.73 Å². The predicted octanol–water partition coefficient (Wildman–Crippen LogP) is 2.30. The molecule has 4 nitrogen and oxygen atoms in total.